The van der Waals surface area contributed by atoms with E-state index in [0.29, 0.717) is 12.1 Å². The van der Waals surface area contributed by atoms with Crippen molar-refractivity contribution in [2.45, 2.75) is 71.6 Å². The Hall–Kier alpha value is -0.0800. The normalized spacial score (nSPS) is 34.4. The Morgan fingerprint density at radius 3 is 2.53 bits per heavy atom. The summed E-state index contributed by atoms with van der Waals surface area (Å²) in [6, 6.07) is 0.994. The lowest BCUT2D eigenvalue weighted by molar-refractivity contribution is -0.00930. The van der Waals surface area contributed by atoms with E-state index in [1.165, 1.54) is 19.3 Å². The van der Waals surface area contributed by atoms with E-state index in [0.717, 1.165) is 18.9 Å². The van der Waals surface area contributed by atoms with Crippen molar-refractivity contribution >= 4 is 0 Å². The van der Waals surface area contributed by atoms with Gasteiger partial charge in [0.15, 0.2) is 0 Å². The molecule has 0 amide bonds. The van der Waals surface area contributed by atoms with Crippen LogP contribution in [0.4, 0.5) is 0 Å². The van der Waals surface area contributed by atoms with Crippen molar-refractivity contribution in [3.8, 4) is 0 Å². The fraction of sp³-hybridized carbons (Fsp3) is 1.00. The van der Waals surface area contributed by atoms with Crippen LogP contribution in [0, 0.1) is 5.92 Å². The molecule has 1 rings (SSSR count). The van der Waals surface area contributed by atoms with Gasteiger partial charge in [0.25, 0.3) is 0 Å². The Labute approximate surface area is 94.7 Å². The first-order valence-electron chi connectivity index (χ1n) is 6.53. The van der Waals surface area contributed by atoms with Gasteiger partial charge < -0.3 is 5.11 Å². The van der Waals surface area contributed by atoms with Gasteiger partial charge in [-0.2, -0.15) is 0 Å². The third-order valence-electron chi connectivity index (χ3n) is 3.99. The number of hydrogen-bond donors (Lipinski definition) is 1. The van der Waals surface area contributed by atoms with Crippen LogP contribution < -0.4 is 0 Å². The van der Waals surface area contributed by atoms with Crippen LogP contribution in [0.3, 0.4) is 0 Å². The van der Waals surface area contributed by atoms with Crippen molar-refractivity contribution in [2.75, 3.05) is 6.54 Å². The van der Waals surface area contributed by atoms with Crippen molar-refractivity contribution in [2.24, 2.45) is 5.92 Å². The van der Waals surface area contributed by atoms with Gasteiger partial charge in [0.1, 0.15) is 0 Å². The Bertz CT molecular complexity index is 183. The number of likely N-dealkylation sites (N-methyl/N-ethyl adjacent to an activating group) is 1. The fourth-order valence-corrected chi connectivity index (χ4v) is 2.80. The van der Waals surface area contributed by atoms with Crippen LogP contribution >= 0.6 is 0 Å². The molecule has 0 heterocycles. The van der Waals surface area contributed by atoms with Crippen LogP contribution in [-0.4, -0.2) is 34.7 Å². The van der Waals surface area contributed by atoms with Crippen LogP contribution in [0.2, 0.25) is 0 Å². The van der Waals surface area contributed by atoms with Gasteiger partial charge in [0.2, 0.25) is 0 Å². The monoisotopic (exact) mass is 213 g/mol. The first-order chi connectivity index (χ1) is 7.10. The topological polar surface area (TPSA) is 23.5 Å². The zero-order valence-corrected chi connectivity index (χ0v) is 10.7. The highest BCUT2D eigenvalue weighted by molar-refractivity contribution is 4.87. The molecule has 4 unspecified atom stereocenters. The number of nitrogens with zero attached hydrogens (tertiary/aromatic N) is 1. The molecule has 1 aliphatic rings. The zero-order valence-electron chi connectivity index (χ0n) is 10.7. The largest absolute Gasteiger partial charge is 0.391 e. The van der Waals surface area contributed by atoms with E-state index in [4.69, 9.17) is 0 Å². The molecular formula is C13H27NO. The molecule has 1 aliphatic carbocycles. The molecule has 2 heteroatoms. The van der Waals surface area contributed by atoms with Gasteiger partial charge in [-0.1, -0.05) is 20.8 Å². The zero-order chi connectivity index (χ0) is 11.4. The molecule has 0 radical (unpaired) electrons. The molecule has 90 valence electrons. The molecule has 0 saturated heterocycles. The lowest BCUT2D eigenvalue weighted by Gasteiger charge is -2.42. The van der Waals surface area contributed by atoms with E-state index in [1.54, 1.807) is 0 Å². The van der Waals surface area contributed by atoms with Gasteiger partial charge in [-0.25, -0.2) is 0 Å². The summed E-state index contributed by atoms with van der Waals surface area (Å²) in [6.45, 7) is 10.1. The average molecular weight is 213 g/mol. The van der Waals surface area contributed by atoms with Crippen LogP contribution in [0.5, 0.6) is 0 Å². The number of rotatable bonds is 4. The molecular weight excluding hydrogens is 186 g/mol. The van der Waals surface area contributed by atoms with E-state index >= 15 is 0 Å². The Morgan fingerprint density at radius 1 is 1.33 bits per heavy atom. The molecule has 1 fully saturated rings. The highest BCUT2D eigenvalue weighted by Crippen LogP contribution is 2.29. The summed E-state index contributed by atoms with van der Waals surface area (Å²) in [7, 11) is 0. The van der Waals surface area contributed by atoms with Crippen molar-refractivity contribution < 1.29 is 5.11 Å². The second-order valence-corrected chi connectivity index (χ2v) is 5.14. The van der Waals surface area contributed by atoms with Gasteiger partial charge in [-0.05, 0) is 45.1 Å². The van der Waals surface area contributed by atoms with Crippen LogP contribution in [-0.2, 0) is 0 Å². The Kier molecular flexibility index (Phi) is 5.07. The average Bonchev–Trinajstić information content (AvgIpc) is 2.23. The Balaban J connectivity index is 2.64. The number of aliphatic hydroxyl groups is 1. The smallest absolute Gasteiger partial charge is 0.0695 e. The van der Waals surface area contributed by atoms with Crippen LogP contribution in [0.1, 0.15) is 53.4 Å². The molecule has 0 bridgehead atoms. The molecule has 1 saturated carbocycles. The van der Waals surface area contributed by atoms with Gasteiger partial charge >= 0.3 is 0 Å². The highest BCUT2D eigenvalue weighted by Gasteiger charge is 2.32. The van der Waals surface area contributed by atoms with Crippen molar-refractivity contribution in [1.29, 1.82) is 0 Å². The molecule has 4 atom stereocenters. The summed E-state index contributed by atoms with van der Waals surface area (Å²) in [4.78, 5) is 2.49. The fourth-order valence-electron chi connectivity index (χ4n) is 2.80. The summed E-state index contributed by atoms with van der Waals surface area (Å²) in [5.74, 6) is 0.775. The SMILES string of the molecule is CCC(C)N(CC)C1CC(C)CCC1O. The van der Waals surface area contributed by atoms with E-state index in [1.807, 2.05) is 0 Å². The predicted octanol–water partition coefficient (Wildman–Crippen LogP) is 2.66. The maximum atomic E-state index is 10.1. The predicted molar refractivity (Wildman–Crippen MR) is 64.9 cm³/mol. The van der Waals surface area contributed by atoms with E-state index < -0.39 is 0 Å². The molecule has 0 aliphatic heterocycles. The first-order valence-corrected chi connectivity index (χ1v) is 6.53. The number of aliphatic hydroxyl groups excluding tert-OH is 1. The molecule has 15 heavy (non-hydrogen) atoms. The third-order valence-corrected chi connectivity index (χ3v) is 3.99. The molecule has 1 N–H and O–H groups in total. The molecule has 0 spiro atoms. The van der Waals surface area contributed by atoms with Crippen molar-refractivity contribution in [3.63, 3.8) is 0 Å². The Morgan fingerprint density at radius 2 is 2.00 bits per heavy atom. The summed E-state index contributed by atoms with van der Waals surface area (Å²) in [5.41, 5.74) is 0. The summed E-state index contributed by atoms with van der Waals surface area (Å²) < 4.78 is 0. The maximum Gasteiger partial charge on any atom is 0.0695 e. The number of hydrogen-bond acceptors (Lipinski definition) is 2. The lowest BCUT2D eigenvalue weighted by Crippen LogP contribution is -2.50. The lowest BCUT2D eigenvalue weighted by atomic mass is 9.83. The quantitative estimate of drug-likeness (QED) is 0.776. The van der Waals surface area contributed by atoms with Gasteiger partial charge in [0, 0.05) is 12.1 Å². The van der Waals surface area contributed by atoms with Crippen LogP contribution in [0.15, 0.2) is 0 Å². The van der Waals surface area contributed by atoms with Crippen molar-refractivity contribution in [1.82, 2.24) is 4.90 Å². The molecule has 0 aromatic heterocycles. The minimum atomic E-state index is -0.102. The maximum absolute atomic E-state index is 10.1. The van der Waals surface area contributed by atoms with Gasteiger partial charge in [0.05, 0.1) is 6.10 Å². The van der Waals surface area contributed by atoms with E-state index in [2.05, 4.69) is 32.6 Å². The second kappa shape index (κ2) is 5.86. The molecule has 0 aromatic carbocycles. The minimum absolute atomic E-state index is 0.102. The molecule has 0 aromatic rings. The summed E-state index contributed by atoms with van der Waals surface area (Å²) >= 11 is 0. The second-order valence-electron chi connectivity index (χ2n) is 5.14. The van der Waals surface area contributed by atoms with E-state index in [-0.39, 0.29) is 6.10 Å². The standard InChI is InChI=1S/C13H27NO/c1-5-11(4)14(6-2)12-9-10(3)7-8-13(12)15/h10-13,15H,5-9H2,1-4H3. The van der Waals surface area contributed by atoms with Crippen LogP contribution in [0.25, 0.3) is 0 Å². The summed E-state index contributed by atoms with van der Waals surface area (Å²) in [5, 5.41) is 10.1. The summed E-state index contributed by atoms with van der Waals surface area (Å²) in [6.07, 6.45) is 4.41. The van der Waals surface area contributed by atoms with Gasteiger partial charge in [-0.3, -0.25) is 4.90 Å². The first kappa shape index (κ1) is 13.0. The van der Waals surface area contributed by atoms with Crippen molar-refractivity contribution in [3.05, 3.63) is 0 Å². The third kappa shape index (κ3) is 3.18. The molecule has 2 nitrogen and oxygen atoms in total. The van der Waals surface area contributed by atoms with Gasteiger partial charge in [-0.15, -0.1) is 0 Å². The van der Waals surface area contributed by atoms with E-state index in [9.17, 15) is 5.11 Å². The minimum Gasteiger partial charge on any atom is -0.391 e. The highest BCUT2D eigenvalue weighted by atomic mass is 16.3.